The highest BCUT2D eigenvalue weighted by Gasteiger charge is 2.65. The van der Waals surface area contributed by atoms with Gasteiger partial charge in [-0.15, -0.1) is 0 Å². The van der Waals surface area contributed by atoms with Crippen LogP contribution in [0.4, 0.5) is 0 Å². The maximum atomic E-state index is 13.6. The van der Waals surface area contributed by atoms with Crippen molar-refractivity contribution in [2.24, 2.45) is 40.7 Å². The van der Waals surface area contributed by atoms with Crippen LogP contribution >= 0.6 is 0 Å². The fourth-order valence-corrected chi connectivity index (χ4v) is 8.94. The maximum absolute atomic E-state index is 13.6. The molecule has 2 aromatic heterocycles. The van der Waals surface area contributed by atoms with Gasteiger partial charge in [0, 0.05) is 29.2 Å². The third-order valence-electron chi connectivity index (χ3n) is 10.6. The smallest absolute Gasteiger partial charge is 0.181 e. The Kier molecular flexibility index (Phi) is 4.84. The molecule has 4 aliphatic rings. The number of carbonyl (C=O) groups is 1. The molecule has 0 aliphatic heterocycles. The lowest BCUT2D eigenvalue weighted by Gasteiger charge is -2.61. The Morgan fingerprint density at radius 2 is 1.97 bits per heavy atom. The predicted molar refractivity (Wildman–Crippen MR) is 127 cm³/mol. The van der Waals surface area contributed by atoms with Crippen LogP contribution in [0.15, 0.2) is 24.5 Å². The zero-order chi connectivity index (χ0) is 23.0. The van der Waals surface area contributed by atoms with Crippen molar-refractivity contribution < 1.29 is 9.90 Å². The topological polar surface area (TPSA) is 94.0 Å². The fourth-order valence-electron chi connectivity index (χ4n) is 8.94. The molecule has 0 spiro atoms. The van der Waals surface area contributed by atoms with Crippen LogP contribution in [0.3, 0.4) is 0 Å². The number of carbonyl (C=O) groups excluding carboxylic acids is 1. The molecule has 4 aliphatic carbocycles. The molecule has 33 heavy (non-hydrogen) atoms. The van der Waals surface area contributed by atoms with Crippen LogP contribution in [0.5, 0.6) is 0 Å². The lowest BCUT2D eigenvalue weighted by atomic mass is 9.46. The highest BCUT2D eigenvalue weighted by atomic mass is 16.3. The van der Waals surface area contributed by atoms with Crippen LogP contribution in [-0.4, -0.2) is 36.8 Å². The van der Waals surface area contributed by atoms with Crippen molar-refractivity contribution in [3.05, 3.63) is 24.5 Å². The number of rotatable bonds is 3. The van der Waals surface area contributed by atoms with Crippen molar-refractivity contribution in [1.82, 2.24) is 14.8 Å². The summed E-state index contributed by atoms with van der Waals surface area (Å²) >= 11 is 0. The molecule has 4 saturated carbocycles. The fraction of sp³-hybridized carbons (Fsp3) is 0.741. The van der Waals surface area contributed by atoms with E-state index in [4.69, 9.17) is 5.73 Å². The number of pyridine rings is 1. The van der Waals surface area contributed by atoms with Gasteiger partial charge in [0.05, 0.1) is 12.1 Å². The van der Waals surface area contributed by atoms with Gasteiger partial charge in [0.15, 0.2) is 11.4 Å². The third kappa shape index (κ3) is 3.23. The maximum Gasteiger partial charge on any atom is 0.181 e. The molecule has 6 nitrogen and oxygen atoms in total. The number of Topliss-reactive ketones (excluding diaryl/α,β-unsaturated/α-hetero) is 1. The van der Waals surface area contributed by atoms with E-state index < -0.39 is 5.60 Å². The van der Waals surface area contributed by atoms with Crippen molar-refractivity contribution in [2.75, 3.05) is 0 Å². The average Bonchev–Trinajstić information content (AvgIpc) is 3.30. The molecule has 1 unspecified atom stereocenters. The largest absolute Gasteiger partial charge is 0.390 e. The van der Waals surface area contributed by atoms with Gasteiger partial charge in [-0.2, -0.15) is 5.10 Å². The molecule has 4 fully saturated rings. The Morgan fingerprint density at radius 1 is 1.15 bits per heavy atom. The van der Waals surface area contributed by atoms with E-state index in [0.29, 0.717) is 35.9 Å². The van der Waals surface area contributed by atoms with Crippen molar-refractivity contribution in [2.45, 2.75) is 89.3 Å². The minimum atomic E-state index is -0.491. The summed E-state index contributed by atoms with van der Waals surface area (Å²) in [6, 6.07) is 3.89. The quantitative estimate of drug-likeness (QED) is 0.734. The zero-order valence-electron chi connectivity index (χ0n) is 20.0. The molecular formula is C27H38N4O2. The molecule has 0 amide bonds. The van der Waals surface area contributed by atoms with E-state index in [9.17, 15) is 9.90 Å². The second-order valence-corrected chi connectivity index (χ2v) is 12.3. The van der Waals surface area contributed by atoms with E-state index >= 15 is 0 Å². The second-order valence-electron chi connectivity index (χ2n) is 12.3. The lowest BCUT2D eigenvalue weighted by molar-refractivity contribution is -0.135. The van der Waals surface area contributed by atoms with E-state index in [0.717, 1.165) is 50.3 Å². The van der Waals surface area contributed by atoms with E-state index in [2.05, 4.69) is 17.0 Å². The number of hydrogen-bond donors (Lipinski definition) is 2. The van der Waals surface area contributed by atoms with Gasteiger partial charge in [-0.25, -0.2) is 4.98 Å². The number of nitrogens with zero attached hydrogens (tertiary/aromatic N) is 3. The molecule has 6 rings (SSSR count). The van der Waals surface area contributed by atoms with Crippen molar-refractivity contribution in [3.8, 4) is 0 Å². The van der Waals surface area contributed by atoms with Crippen molar-refractivity contribution in [3.63, 3.8) is 0 Å². The molecular weight excluding hydrogens is 412 g/mol. The molecule has 178 valence electrons. The van der Waals surface area contributed by atoms with E-state index in [-0.39, 0.29) is 22.7 Å². The normalized spacial score (nSPS) is 44.8. The first-order valence-corrected chi connectivity index (χ1v) is 13.0. The van der Waals surface area contributed by atoms with Crippen LogP contribution in [-0.2, 0) is 11.3 Å². The minimum Gasteiger partial charge on any atom is -0.390 e. The van der Waals surface area contributed by atoms with Crippen LogP contribution in [0.1, 0.15) is 71.6 Å². The number of hydrogen-bond acceptors (Lipinski definition) is 5. The summed E-state index contributed by atoms with van der Waals surface area (Å²) in [5.74, 6) is 2.80. The predicted octanol–water partition coefficient (Wildman–Crippen LogP) is 4.10. The van der Waals surface area contributed by atoms with Crippen molar-refractivity contribution in [1.29, 1.82) is 0 Å². The van der Waals surface area contributed by atoms with Crippen molar-refractivity contribution >= 4 is 16.8 Å². The Bertz CT molecular complexity index is 1050. The number of aromatic nitrogens is 3. The summed E-state index contributed by atoms with van der Waals surface area (Å²) in [6.07, 6.45) is 13.1. The standard InChI is InChI=1S/C27H38N4O2/c1-25(33)10-7-19-17(14-25)5-6-21-20(19)8-11-26(2)22(9-12-27(21,26)28)23(32)16-31-15-18-4-3-13-29-24(18)30-31/h3-4,13,15,17,19-22,33H,5-12,14,16,28H2,1-2H3/t17-,19?,20-,21-,22-,25-,26-,27-/m1/s1. The number of fused-ring (bicyclic) bond motifs is 6. The molecule has 6 heteroatoms. The SMILES string of the molecule is C[C@@]1(O)CCC2[C@H](CC[C@@H]3[C@@H]2CC[C@]2(C)[C@@H](C(=O)Cn4cc5cccnc5n4)CC[C@@]32N)C1. The summed E-state index contributed by atoms with van der Waals surface area (Å²) in [5, 5.41) is 16.1. The van der Waals surface area contributed by atoms with Gasteiger partial charge in [0.2, 0.25) is 0 Å². The van der Waals surface area contributed by atoms with Gasteiger partial charge in [-0.3, -0.25) is 9.48 Å². The molecule has 0 bridgehead atoms. The Labute approximate surface area is 196 Å². The molecule has 0 radical (unpaired) electrons. The first-order valence-electron chi connectivity index (χ1n) is 13.0. The van der Waals surface area contributed by atoms with E-state index in [1.165, 1.54) is 12.8 Å². The Morgan fingerprint density at radius 3 is 2.79 bits per heavy atom. The summed E-state index contributed by atoms with van der Waals surface area (Å²) in [7, 11) is 0. The summed E-state index contributed by atoms with van der Waals surface area (Å²) in [5.41, 5.74) is 7.19. The van der Waals surface area contributed by atoms with Crippen LogP contribution in [0, 0.1) is 35.0 Å². The lowest BCUT2D eigenvalue weighted by Crippen LogP contribution is -2.65. The van der Waals surface area contributed by atoms with Crippen LogP contribution < -0.4 is 5.73 Å². The number of aliphatic hydroxyl groups is 1. The van der Waals surface area contributed by atoms with Crippen LogP contribution in [0.2, 0.25) is 0 Å². The minimum absolute atomic E-state index is 0.00790. The Hall–Kier alpha value is -1.79. The third-order valence-corrected chi connectivity index (χ3v) is 10.6. The zero-order valence-corrected chi connectivity index (χ0v) is 20.0. The van der Waals surface area contributed by atoms with Crippen LogP contribution in [0.25, 0.3) is 11.0 Å². The van der Waals surface area contributed by atoms with E-state index in [1.54, 1.807) is 10.9 Å². The average molecular weight is 451 g/mol. The monoisotopic (exact) mass is 450 g/mol. The summed E-state index contributed by atoms with van der Waals surface area (Å²) in [6.45, 7) is 4.64. The number of nitrogens with two attached hydrogens (primary N) is 1. The molecule has 0 aromatic carbocycles. The van der Waals surface area contributed by atoms with Gasteiger partial charge in [-0.05, 0) is 106 Å². The molecule has 2 heterocycles. The molecule has 0 saturated heterocycles. The highest BCUT2D eigenvalue weighted by molar-refractivity contribution is 5.83. The Balaban J connectivity index is 1.22. The molecule has 8 atom stereocenters. The van der Waals surface area contributed by atoms with Gasteiger partial charge in [0.1, 0.15) is 0 Å². The highest BCUT2D eigenvalue weighted by Crippen LogP contribution is 2.65. The van der Waals surface area contributed by atoms with Gasteiger partial charge >= 0.3 is 0 Å². The van der Waals surface area contributed by atoms with Gasteiger partial charge < -0.3 is 10.8 Å². The van der Waals surface area contributed by atoms with E-state index in [1.807, 2.05) is 25.3 Å². The van der Waals surface area contributed by atoms with Gasteiger partial charge in [0.25, 0.3) is 0 Å². The second kappa shape index (κ2) is 7.35. The first-order chi connectivity index (χ1) is 15.7. The molecule has 3 N–H and O–H groups in total. The van der Waals surface area contributed by atoms with Gasteiger partial charge in [-0.1, -0.05) is 6.92 Å². The summed E-state index contributed by atoms with van der Waals surface area (Å²) in [4.78, 5) is 17.9. The summed E-state index contributed by atoms with van der Waals surface area (Å²) < 4.78 is 1.77. The first kappa shape index (κ1) is 21.7. The molecule has 2 aromatic rings. The number of ketones is 1.